The summed E-state index contributed by atoms with van der Waals surface area (Å²) in [4.78, 5) is 0. The van der Waals surface area contributed by atoms with Crippen molar-refractivity contribution in [1.82, 2.24) is 0 Å². The fourth-order valence-corrected chi connectivity index (χ4v) is 1.26. The average Bonchev–Trinajstić information content (AvgIpc) is 2.17. The molecule has 0 saturated heterocycles. The minimum absolute atomic E-state index is 0.151. The molecule has 0 heterocycles. The zero-order chi connectivity index (χ0) is 9.90. The lowest BCUT2D eigenvalue weighted by molar-refractivity contribution is 0.0416. The summed E-state index contributed by atoms with van der Waals surface area (Å²) in [6.45, 7) is 2.02. The molecule has 0 fully saturated rings. The van der Waals surface area contributed by atoms with Crippen LogP contribution in [0.2, 0.25) is 0 Å². The normalized spacial score (nSPS) is 15.3. The van der Waals surface area contributed by atoms with E-state index in [-0.39, 0.29) is 12.3 Å². The lowest BCUT2D eigenvalue weighted by atomic mass is 9.91. The summed E-state index contributed by atoms with van der Waals surface area (Å²) >= 11 is 0. The van der Waals surface area contributed by atoms with Gasteiger partial charge in [0.05, 0.1) is 0 Å². The maximum Gasteiger partial charge on any atom is 0.115 e. The Kier molecular flexibility index (Phi) is 2.90. The van der Waals surface area contributed by atoms with E-state index in [9.17, 15) is 10.2 Å². The fourth-order valence-electron chi connectivity index (χ4n) is 1.26. The van der Waals surface area contributed by atoms with Crippen molar-refractivity contribution in [1.29, 1.82) is 0 Å². The van der Waals surface area contributed by atoms with Gasteiger partial charge in [0.15, 0.2) is 0 Å². The van der Waals surface area contributed by atoms with Crippen LogP contribution >= 0.6 is 0 Å². The predicted octanol–water partition coefficient (Wildman–Crippen LogP) is 0.948. The van der Waals surface area contributed by atoms with Gasteiger partial charge in [-0.2, -0.15) is 0 Å². The summed E-state index contributed by atoms with van der Waals surface area (Å²) in [6, 6.07) is 6.56. The highest BCUT2D eigenvalue weighted by atomic mass is 16.3. The molecule has 72 valence electrons. The van der Waals surface area contributed by atoms with Gasteiger partial charge in [-0.05, 0) is 24.1 Å². The third-order valence-electron chi connectivity index (χ3n) is 2.31. The van der Waals surface area contributed by atoms with Crippen molar-refractivity contribution in [2.24, 2.45) is 5.73 Å². The first-order chi connectivity index (χ1) is 6.12. The van der Waals surface area contributed by atoms with Gasteiger partial charge in [-0.3, -0.25) is 0 Å². The monoisotopic (exact) mass is 181 g/mol. The van der Waals surface area contributed by atoms with Gasteiger partial charge in [-0.1, -0.05) is 19.1 Å². The van der Waals surface area contributed by atoms with E-state index >= 15 is 0 Å². The number of aliphatic hydroxyl groups is 1. The second-order valence-corrected chi connectivity index (χ2v) is 3.14. The molecule has 3 heteroatoms. The summed E-state index contributed by atoms with van der Waals surface area (Å²) < 4.78 is 0. The second-order valence-electron chi connectivity index (χ2n) is 3.14. The Bertz CT molecular complexity index is 282. The molecule has 1 rings (SSSR count). The number of hydrogen-bond acceptors (Lipinski definition) is 3. The van der Waals surface area contributed by atoms with Gasteiger partial charge in [0.25, 0.3) is 0 Å². The van der Waals surface area contributed by atoms with Gasteiger partial charge in [-0.15, -0.1) is 0 Å². The van der Waals surface area contributed by atoms with Crippen LogP contribution in [0.1, 0.15) is 18.9 Å². The molecule has 1 unspecified atom stereocenters. The Labute approximate surface area is 77.8 Å². The van der Waals surface area contributed by atoms with E-state index in [1.807, 2.05) is 6.92 Å². The Morgan fingerprint density at radius 2 is 2.15 bits per heavy atom. The van der Waals surface area contributed by atoms with Crippen molar-refractivity contribution in [3.05, 3.63) is 29.8 Å². The van der Waals surface area contributed by atoms with Crippen molar-refractivity contribution < 1.29 is 10.2 Å². The van der Waals surface area contributed by atoms with E-state index in [1.54, 1.807) is 18.2 Å². The molecule has 0 radical (unpaired) electrons. The van der Waals surface area contributed by atoms with E-state index in [1.165, 1.54) is 6.07 Å². The predicted molar refractivity (Wildman–Crippen MR) is 51.3 cm³/mol. The third-order valence-corrected chi connectivity index (χ3v) is 2.31. The van der Waals surface area contributed by atoms with Crippen molar-refractivity contribution in [3.63, 3.8) is 0 Å². The van der Waals surface area contributed by atoms with Crippen LogP contribution in [0.3, 0.4) is 0 Å². The van der Waals surface area contributed by atoms with Gasteiger partial charge in [0.2, 0.25) is 0 Å². The molecule has 0 amide bonds. The summed E-state index contributed by atoms with van der Waals surface area (Å²) in [6.07, 6.45) is 0.535. The molecule has 0 aliphatic carbocycles. The van der Waals surface area contributed by atoms with Crippen molar-refractivity contribution >= 4 is 0 Å². The van der Waals surface area contributed by atoms with Crippen molar-refractivity contribution in [2.45, 2.75) is 18.9 Å². The molecule has 4 N–H and O–H groups in total. The molecule has 1 aromatic carbocycles. The number of phenols is 1. The second kappa shape index (κ2) is 3.77. The van der Waals surface area contributed by atoms with Crippen LogP contribution in [0.4, 0.5) is 0 Å². The number of benzene rings is 1. The quantitative estimate of drug-likeness (QED) is 0.650. The highest BCUT2D eigenvalue weighted by molar-refractivity contribution is 5.31. The number of rotatable bonds is 3. The lowest BCUT2D eigenvalue weighted by Crippen LogP contribution is -2.33. The van der Waals surface area contributed by atoms with E-state index in [4.69, 9.17) is 5.73 Å². The molecule has 0 aromatic heterocycles. The fraction of sp³-hybridized carbons (Fsp3) is 0.400. The molecular weight excluding hydrogens is 166 g/mol. The van der Waals surface area contributed by atoms with Crippen LogP contribution in [-0.4, -0.2) is 16.8 Å². The first-order valence-electron chi connectivity index (χ1n) is 4.34. The number of nitrogens with two attached hydrogens (primary N) is 1. The molecular formula is C10H15NO2. The molecule has 1 atom stereocenters. The first kappa shape index (κ1) is 10.0. The van der Waals surface area contributed by atoms with Gasteiger partial charge in [-0.25, -0.2) is 0 Å². The molecule has 0 bridgehead atoms. The van der Waals surface area contributed by atoms with Crippen molar-refractivity contribution in [3.8, 4) is 5.75 Å². The molecule has 0 aliphatic heterocycles. The summed E-state index contributed by atoms with van der Waals surface area (Å²) in [5.41, 5.74) is 5.12. The maximum atomic E-state index is 9.99. The van der Waals surface area contributed by atoms with Gasteiger partial charge in [0.1, 0.15) is 11.4 Å². The topological polar surface area (TPSA) is 66.5 Å². The Morgan fingerprint density at radius 1 is 1.46 bits per heavy atom. The van der Waals surface area contributed by atoms with Crippen LogP contribution in [0.15, 0.2) is 24.3 Å². The number of phenolic OH excluding ortho intramolecular Hbond substituents is 1. The first-order valence-corrected chi connectivity index (χ1v) is 4.34. The van der Waals surface area contributed by atoms with Gasteiger partial charge < -0.3 is 15.9 Å². The zero-order valence-electron chi connectivity index (χ0n) is 7.70. The smallest absolute Gasteiger partial charge is 0.115 e. The Hall–Kier alpha value is -1.06. The van der Waals surface area contributed by atoms with Crippen LogP contribution < -0.4 is 5.73 Å². The van der Waals surface area contributed by atoms with Gasteiger partial charge in [0, 0.05) is 6.54 Å². The summed E-state index contributed by atoms with van der Waals surface area (Å²) in [5, 5.41) is 19.2. The molecule has 13 heavy (non-hydrogen) atoms. The minimum Gasteiger partial charge on any atom is -0.508 e. The van der Waals surface area contributed by atoms with E-state index in [2.05, 4.69) is 0 Å². The molecule has 0 saturated carbocycles. The largest absolute Gasteiger partial charge is 0.508 e. The number of hydrogen-bond donors (Lipinski definition) is 3. The van der Waals surface area contributed by atoms with Gasteiger partial charge >= 0.3 is 0 Å². The minimum atomic E-state index is -1.02. The maximum absolute atomic E-state index is 9.99. The lowest BCUT2D eigenvalue weighted by Gasteiger charge is -2.25. The van der Waals surface area contributed by atoms with Crippen LogP contribution in [0.25, 0.3) is 0 Å². The molecule has 0 spiro atoms. The Balaban J connectivity index is 3.05. The third kappa shape index (κ3) is 1.99. The van der Waals surface area contributed by atoms with E-state index in [0.717, 1.165) is 0 Å². The summed E-state index contributed by atoms with van der Waals surface area (Å²) in [7, 11) is 0. The number of aromatic hydroxyl groups is 1. The average molecular weight is 181 g/mol. The van der Waals surface area contributed by atoms with Crippen LogP contribution in [0, 0.1) is 0 Å². The highest BCUT2D eigenvalue weighted by Gasteiger charge is 2.25. The highest BCUT2D eigenvalue weighted by Crippen LogP contribution is 2.25. The van der Waals surface area contributed by atoms with Crippen LogP contribution in [-0.2, 0) is 5.60 Å². The molecule has 0 aliphatic rings. The molecule has 3 nitrogen and oxygen atoms in total. The van der Waals surface area contributed by atoms with E-state index in [0.29, 0.717) is 12.0 Å². The summed E-state index contributed by atoms with van der Waals surface area (Å²) in [5.74, 6) is 0.151. The standard InChI is InChI=1S/C10H15NO2/c1-2-10(13,7-11)8-4-3-5-9(12)6-8/h3-6,12-13H,2,7,11H2,1H3. The SMILES string of the molecule is CCC(O)(CN)c1cccc(O)c1. The van der Waals surface area contributed by atoms with E-state index < -0.39 is 5.60 Å². The van der Waals surface area contributed by atoms with Crippen LogP contribution in [0.5, 0.6) is 5.75 Å². The Morgan fingerprint density at radius 3 is 2.62 bits per heavy atom. The van der Waals surface area contributed by atoms with Crippen molar-refractivity contribution in [2.75, 3.05) is 6.54 Å². The zero-order valence-corrected chi connectivity index (χ0v) is 7.70. The molecule has 1 aromatic rings.